The lowest BCUT2D eigenvalue weighted by Crippen LogP contribution is -2.60. The van der Waals surface area contributed by atoms with E-state index in [1.165, 1.54) is 4.90 Å². The lowest BCUT2D eigenvalue weighted by molar-refractivity contribution is -0.165. The predicted molar refractivity (Wildman–Crippen MR) is 177 cm³/mol. The first-order valence-electron chi connectivity index (χ1n) is 17.2. The van der Waals surface area contributed by atoms with Crippen LogP contribution >= 0.6 is 0 Å². The van der Waals surface area contributed by atoms with Gasteiger partial charge < -0.3 is 29.3 Å². The van der Waals surface area contributed by atoms with E-state index in [9.17, 15) is 24.3 Å². The van der Waals surface area contributed by atoms with Gasteiger partial charge in [0.05, 0.1) is 36.6 Å². The van der Waals surface area contributed by atoms with Crippen molar-refractivity contribution >= 4 is 23.7 Å². The second-order valence-corrected chi connectivity index (χ2v) is 13.7. The maximum Gasteiger partial charge on any atom is 0.313 e. The fraction of sp³-hybridized carbons (Fsp3) is 0.622. The van der Waals surface area contributed by atoms with Crippen LogP contribution in [0.4, 0.5) is 0 Å². The van der Waals surface area contributed by atoms with Gasteiger partial charge in [-0.25, -0.2) is 0 Å². The molecule has 0 aromatic heterocycles. The van der Waals surface area contributed by atoms with Crippen molar-refractivity contribution in [2.45, 2.75) is 114 Å². The van der Waals surface area contributed by atoms with Crippen LogP contribution in [0.2, 0.25) is 0 Å². The summed E-state index contributed by atoms with van der Waals surface area (Å²) in [5.74, 6) is -3.10. The number of esters is 1. The molecule has 3 saturated heterocycles. The summed E-state index contributed by atoms with van der Waals surface area (Å²) in [4.78, 5) is 61.3. The minimum Gasteiger partial charge on any atom is -0.455 e. The van der Waals surface area contributed by atoms with Crippen molar-refractivity contribution in [3.05, 3.63) is 61.2 Å². The second-order valence-electron chi connectivity index (χ2n) is 13.7. The van der Waals surface area contributed by atoms with Crippen molar-refractivity contribution in [2.24, 2.45) is 11.8 Å². The van der Waals surface area contributed by atoms with Gasteiger partial charge in [-0.1, -0.05) is 61.7 Å². The van der Waals surface area contributed by atoms with Crippen LogP contribution in [0.3, 0.4) is 0 Å². The van der Waals surface area contributed by atoms with Crippen LogP contribution in [0, 0.1) is 11.8 Å². The highest BCUT2D eigenvalue weighted by molar-refractivity contribution is 5.98. The number of aliphatic hydroxyl groups excluding tert-OH is 1. The number of nitrogens with zero attached hydrogens (tertiary/aromatic N) is 3. The summed E-state index contributed by atoms with van der Waals surface area (Å²) in [7, 11) is 1.70. The van der Waals surface area contributed by atoms with Gasteiger partial charge in [0.15, 0.2) is 0 Å². The van der Waals surface area contributed by atoms with Crippen molar-refractivity contribution in [1.29, 1.82) is 0 Å². The van der Waals surface area contributed by atoms with Gasteiger partial charge >= 0.3 is 5.97 Å². The summed E-state index contributed by atoms with van der Waals surface area (Å²) in [6.45, 7) is 11.2. The van der Waals surface area contributed by atoms with Crippen molar-refractivity contribution in [2.75, 3.05) is 20.2 Å². The minimum atomic E-state index is -1.20. The number of aliphatic hydroxyl groups is 1. The average Bonchev–Trinajstić information content (AvgIpc) is 3.75. The highest BCUT2D eigenvalue weighted by atomic mass is 16.6. The molecular formula is C37H51N3O7. The molecule has 1 saturated carbocycles. The van der Waals surface area contributed by atoms with Crippen molar-refractivity contribution in [3.63, 3.8) is 0 Å². The van der Waals surface area contributed by atoms with E-state index < -0.39 is 53.7 Å². The van der Waals surface area contributed by atoms with Crippen LogP contribution < -0.4 is 0 Å². The van der Waals surface area contributed by atoms with Crippen molar-refractivity contribution in [1.82, 2.24) is 14.7 Å². The second kappa shape index (κ2) is 14.7. The zero-order chi connectivity index (χ0) is 33.9. The normalized spacial score (nSPS) is 28.7. The highest BCUT2D eigenvalue weighted by Crippen LogP contribution is 2.59. The Balaban J connectivity index is 1.47. The monoisotopic (exact) mass is 649 g/mol. The Hall–Kier alpha value is -3.50. The van der Waals surface area contributed by atoms with Crippen LogP contribution in [0.15, 0.2) is 55.6 Å². The summed E-state index contributed by atoms with van der Waals surface area (Å²) < 4.78 is 12.9. The number of likely N-dealkylation sites (tertiary alicyclic amines) is 1. The number of fused-ring (bicyclic) bond motifs is 1. The summed E-state index contributed by atoms with van der Waals surface area (Å²) in [5.41, 5.74) is -0.477. The number of amides is 3. The van der Waals surface area contributed by atoms with Gasteiger partial charge in [-0.15, -0.1) is 13.2 Å². The molecule has 10 nitrogen and oxygen atoms in total. The quantitative estimate of drug-likeness (QED) is 0.237. The Kier molecular flexibility index (Phi) is 10.9. The lowest BCUT2D eigenvalue weighted by atomic mass is 9.70. The maximum absolute atomic E-state index is 14.6. The molecule has 5 rings (SSSR count). The minimum absolute atomic E-state index is 0.0322. The third kappa shape index (κ3) is 6.38. The molecule has 4 aliphatic rings. The molecule has 3 amide bonds. The number of likely N-dealkylation sites (N-methyl/N-ethyl adjacent to an activating group) is 1. The van der Waals surface area contributed by atoms with E-state index in [4.69, 9.17) is 9.47 Å². The van der Waals surface area contributed by atoms with E-state index in [1.807, 2.05) is 42.2 Å². The summed E-state index contributed by atoms with van der Waals surface area (Å²) in [6.07, 6.45) is 8.76. The van der Waals surface area contributed by atoms with E-state index in [0.29, 0.717) is 25.8 Å². The van der Waals surface area contributed by atoms with Crippen LogP contribution in [-0.4, -0.2) is 99.6 Å². The molecule has 4 fully saturated rings. The molecule has 0 radical (unpaired) electrons. The van der Waals surface area contributed by atoms with E-state index >= 15 is 0 Å². The lowest BCUT2D eigenvalue weighted by Gasteiger charge is -2.41. The molecular weight excluding hydrogens is 598 g/mol. The zero-order valence-corrected chi connectivity index (χ0v) is 28.1. The Morgan fingerprint density at radius 3 is 2.45 bits per heavy atom. The van der Waals surface area contributed by atoms with Crippen molar-refractivity contribution in [3.8, 4) is 0 Å². The van der Waals surface area contributed by atoms with Crippen LogP contribution in [0.1, 0.15) is 83.3 Å². The van der Waals surface area contributed by atoms with Gasteiger partial charge in [0.25, 0.3) is 0 Å². The third-order valence-corrected chi connectivity index (χ3v) is 11.0. The largest absolute Gasteiger partial charge is 0.455 e. The van der Waals surface area contributed by atoms with E-state index in [0.717, 1.165) is 37.7 Å². The first-order chi connectivity index (χ1) is 22.6. The van der Waals surface area contributed by atoms with Crippen LogP contribution in [0.5, 0.6) is 0 Å². The topological polar surface area (TPSA) is 117 Å². The smallest absolute Gasteiger partial charge is 0.313 e. The maximum atomic E-state index is 14.6. The van der Waals surface area contributed by atoms with Gasteiger partial charge in [0.2, 0.25) is 17.7 Å². The van der Waals surface area contributed by atoms with Gasteiger partial charge in [-0.3, -0.25) is 19.2 Å². The Morgan fingerprint density at radius 1 is 1.11 bits per heavy atom. The molecule has 1 aliphatic carbocycles. The van der Waals surface area contributed by atoms with Crippen molar-refractivity contribution < 1.29 is 33.8 Å². The average molecular weight is 650 g/mol. The molecule has 1 spiro atoms. The number of carbonyl (C=O) groups is 4. The van der Waals surface area contributed by atoms with Crippen LogP contribution in [-0.2, 0) is 28.7 Å². The highest BCUT2D eigenvalue weighted by Gasteiger charge is 2.75. The standard InChI is InChI=1S/C37H51N3O7/c1-6-8-19-29(42)38(5)25(4)32(26-15-11-9-12-16-26)46-36(45)30-28-20-21-37(47-28)31(30)34(43)40(24(3)23-41)33(37)35(44)39(22-7-2)27-17-13-10-14-18-27/h6-7,9,11-12,15-16,24-25,27-28,30-33,41H,1-2,8,10,13-14,17-23H2,3-5H3/t24-,25-,28-,30+,31+,32+,33-,37+/m1/s1. The summed E-state index contributed by atoms with van der Waals surface area (Å²) in [6, 6.07) is 7.19. The Bertz CT molecular complexity index is 1330. The molecule has 47 heavy (non-hydrogen) atoms. The molecule has 3 aliphatic heterocycles. The Labute approximate surface area is 278 Å². The van der Waals surface area contributed by atoms with Gasteiger partial charge in [-0.2, -0.15) is 0 Å². The molecule has 3 heterocycles. The molecule has 1 aromatic rings. The number of hydrogen-bond acceptors (Lipinski definition) is 7. The number of ether oxygens (including phenoxy) is 2. The van der Waals surface area contributed by atoms with Gasteiger partial charge in [-0.05, 0) is 51.5 Å². The van der Waals surface area contributed by atoms with E-state index in [-0.39, 0.29) is 36.8 Å². The first kappa shape index (κ1) is 34.8. The molecule has 8 atom stereocenters. The number of hydrogen-bond donors (Lipinski definition) is 1. The summed E-state index contributed by atoms with van der Waals surface area (Å²) >= 11 is 0. The molecule has 10 heteroatoms. The fourth-order valence-electron chi connectivity index (χ4n) is 8.43. The van der Waals surface area contributed by atoms with Gasteiger partial charge in [0, 0.05) is 26.1 Å². The van der Waals surface area contributed by atoms with Gasteiger partial charge in [0.1, 0.15) is 17.7 Å². The number of allylic oxidation sites excluding steroid dienone is 1. The number of carbonyl (C=O) groups excluding carboxylic acids is 4. The Morgan fingerprint density at radius 2 is 1.81 bits per heavy atom. The van der Waals surface area contributed by atoms with E-state index in [2.05, 4.69) is 13.2 Å². The zero-order valence-electron chi connectivity index (χ0n) is 28.1. The SMILES string of the molecule is C=CCCC(=O)N(C)[C@H](C)[C@H](OC(=O)[C@@H]1[C@H]2C(=O)N([C@H](C)CO)[C@H](C(=O)N(CC=C)C3CCCCC3)[C@]23CC[C@H]1O3)c1ccccc1. The molecule has 1 N–H and O–H groups in total. The third-order valence-electron chi connectivity index (χ3n) is 11.0. The predicted octanol–water partition coefficient (Wildman–Crippen LogP) is 4.19. The first-order valence-corrected chi connectivity index (χ1v) is 17.2. The molecule has 0 unspecified atom stereocenters. The molecule has 256 valence electrons. The molecule has 1 aromatic carbocycles. The number of benzene rings is 1. The number of rotatable bonds is 14. The fourth-order valence-corrected chi connectivity index (χ4v) is 8.43. The summed E-state index contributed by atoms with van der Waals surface area (Å²) in [5, 5.41) is 10.3. The van der Waals surface area contributed by atoms with Crippen LogP contribution in [0.25, 0.3) is 0 Å². The van der Waals surface area contributed by atoms with E-state index in [1.54, 1.807) is 31.0 Å². The molecule has 2 bridgehead atoms.